The van der Waals surface area contributed by atoms with E-state index in [0.29, 0.717) is 11.0 Å². The van der Waals surface area contributed by atoms with Crippen LogP contribution in [0.1, 0.15) is 18.7 Å². The molecule has 2 aromatic heterocycles. The second-order valence-corrected chi connectivity index (χ2v) is 4.87. The van der Waals surface area contributed by atoms with Crippen LogP contribution in [0.3, 0.4) is 0 Å². The summed E-state index contributed by atoms with van der Waals surface area (Å²) in [7, 11) is 0. The maximum absolute atomic E-state index is 5.85. The molecule has 1 unspecified atom stereocenters. The van der Waals surface area contributed by atoms with Crippen molar-refractivity contribution in [3.8, 4) is 0 Å². The maximum atomic E-state index is 5.85. The van der Waals surface area contributed by atoms with Gasteiger partial charge in [-0.1, -0.05) is 29.8 Å². The van der Waals surface area contributed by atoms with Crippen LogP contribution < -0.4 is 11.1 Å². The van der Waals surface area contributed by atoms with E-state index in [0.717, 1.165) is 16.7 Å². The molecule has 20 heavy (non-hydrogen) atoms. The topological polar surface area (TPSA) is 77.0 Å². The number of anilines is 2. The average molecular weight is 289 g/mol. The van der Waals surface area contributed by atoms with Gasteiger partial charge in [0, 0.05) is 11.5 Å². The first kappa shape index (κ1) is 12.7. The Hall–Kier alpha value is -2.27. The van der Waals surface area contributed by atoms with Gasteiger partial charge in [0.05, 0.1) is 6.04 Å². The smallest absolute Gasteiger partial charge is 0.223 e. The normalized spacial score (nSPS) is 12.5. The first-order chi connectivity index (χ1) is 9.61. The van der Waals surface area contributed by atoms with E-state index >= 15 is 0 Å². The van der Waals surface area contributed by atoms with Gasteiger partial charge in [-0.25, -0.2) is 4.98 Å². The molecular weight excluding hydrogens is 276 g/mol. The zero-order valence-corrected chi connectivity index (χ0v) is 11.6. The Morgan fingerprint density at radius 2 is 2.05 bits per heavy atom. The first-order valence-corrected chi connectivity index (χ1v) is 6.55. The lowest BCUT2D eigenvalue weighted by Crippen LogP contribution is -2.08. The summed E-state index contributed by atoms with van der Waals surface area (Å²) in [5, 5.41) is 4.56. The predicted octanol–water partition coefficient (Wildman–Crippen LogP) is 3.63. The Kier molecular flexibility index (Phi) is 3.20. The summed E-state index contributed by atoms with van der Waals surface area (Å²) in [5.74, 6) is 1.52. The van der Waals surface area contributed by atoms with Crippen molar-refractivity contribution in [3.63, 3.8) is 0 Å². The summed E-state index contributed by atoms with van der Waals surface area (Å²) in [5.41, 5.74) is 6.42. The number of nitrogens with two attached hydrogens (primary N) is 1. The van der Waals surface area contributed by atoms with Crippen LogP contribution >= 0.6 is 11.6 Å². The van der Waals surface area contributed by atoms with Gasteiger partial charge in [0.15, 0.2) is 0 Å². The zero-order valence-electron chi connectivity index (χ0n) is 10.8. The van der Waals surface area contributed by atoms with Crippen LogP contribution in [0.15, 0.2) is 40.8 Å². The third kappa shape index (κ3) is 2.53. The van der Waals surface area contributed by atoms with Gasteiger partial charge in [-0.2, -0.15) is 4.98 Å². The minimum Gasteiger partial charge on any atom is -0.459 e. The second-order valence-electron chi connectivity index (χ2n) is 4.49. The van der Waals surface area contributed by atoms with E-state index in [1.54, 1.807) is 6.07 Å². The zero-order chi connectivity index (χ0) is 14.1. The highest BCUT2D eigenvalue weighted by Gasteiger charge is 2.12. The molecule has 6 heteroatoms. The third-order valence-corrected chi connectivity index (χ3v) is 3.14. The molecule has 0 aliphatic heterocycles. The van der Waals surface area contributed by atoms with Crippen LogP contribution in [0.25, 0.3) is 11.0 Å². The van der Waals surface area contributed by atoms with E-state index in [-0.39, 0.29) is 12.0 Å². The summed E-state index contributed by atoms with van der Waals surface area (Å²) < 4.78 is 5.79. The molecule has 102 valence electrons. The highest BCUT2D eigenvalue weighted by Crippen LogP contribution is 2.26. The molecule has 1 aromatic carbocycles. The molecule has 0 bridgehead atoms. The SMILES string of the molecule is CC(Nc1cc(Cl)nc(N)n1)c1cc2ccccc2o1. The summed E-state index contributed by atoms with van der Waals surface area (Å²) >= 11 is 5.85. The average Bonchev–Trinajstić information content (AvgIpc) is 2.81. The number of halogens is 1. The molecule has 0 fully saturated rings. The number of hydrogen-bond acceptors (Lipinski definition) is 5. The molecule has 0 saturated carbocycles. The molecule has 5 nitrogen and oxygen atoms in total. The Balaban J connectivity index is 1.86. The molecule has 0 aliphatic rings. The Morgan fingerprint density at radius 3 is 2.80 bits per heavy atom. The van der Waals surface area contributed by atoms with Crippen molar-refractivity contribution in [2.75, 3.05) is 11.1 Å². The Morgan fingerprint density at radius 1 is 1.25 bits per heavy atom. The van der Waals surface area contributed by atoms with E-state index < -0.39 is 0 Å². The number of para-hydroxylation sites is 1. The fraction of sp³-hybridized carbons (Fsp3) is 0.143. The lowest BCUT2D eigenvalue weighted by atomic mass is 10.2. The quantitative estimate of drug-likeness (QED) is 0.720. The number of fused-ring (bicyclic) bond motifs is 1. The van der Waals surface area contributed by atoms with Gasteiger partial charge in [0.1, 0.15) is 22.3 Å². The van der Waals surface area contributed by atoms with Crippen molar-refractivity contribution < 1.29 is 4.42 Å². The highest BCUT2D eigenvalue weighted by atomic mass is 35.5. The lowest BCUT2D eigenvalue weighted by Gasteiger charge is -2.12. The predicted molar refractivity (Wildman–Crippen MR) is 79.7 cm³/mol. The van der Waals surface area contributed by atoms with Gasteiger partial charge in [-0.15, -0.1) is 0 Å². The van der Waals surface area contributed by atoms with E-state index in [1.165, 1.54) is 0 Å². The molecular formula is C14H13ClN4O. The van der Waals surface area contributed by atoms with Crippen molar-refractivity contribution in [1.29, 1.82) is 0 Å². The van der Waals surface area contributed by atoms with Gasteiger partial charge < -0.3 is 15.5 Å². The number of aromatic nitrogens is 2. The summed E-state index contributed by atoms with van der Waals surface area (Å²) in [6.45, 7) is 1.98. The van der Waals surface area contributed by atoms with Gasteiger partial charge in [0.25, 0.3) is 0 Å². The number of rotatable bonds is 3. The fourth-order valence-corrected chi connectivity index (χ4v) is 2.21. The molecule has 2 heterocycles. The van der Waals surface area contributed by atoms with Crippen LogP contribution in [0.2, 0.25) is 5.15 Å². The maximum Gasteiger partial charge on any atom is 0.223 e. The minimum atomic E-state index is -0.0623. The Bertz CT molecular complexity index is 703. The van der Waals surface area contributed by atoms with E-state index in [2.05, 4.69) is 15.3 Å². The number of furan rings is 1. The van der Waals surface area contributed by atoms with Crippen molar-refractivity contribution in [2.24, 2.45) is 0 Å². The van der Waals surface area contributed by atoms with Crippen molar-refractivity contribution in [3.05, 3.63) is 47.3 Å². The van der Waals surface area contributed by atoms with E-state index in [9.17, 15) is 0 Å². The van der Waals surface area contributed by atoms with Gasteiger partial charge in [0.2, 0.25) is 5.95 Å². The molecule has 3 rings (SSSR count). The van der Waals surface area contributed by atoms with Crippen LogP contribution in [-0.2, 0) is 0 Å². The minimum absolute atomic E-state index is 0.0623. The Labute approximate surface area is 120 Å². The van der Waals surface area contributed by atoms with Crippen LogP contribution in [0.5, 0.6) is 0 Å². The molecule has 0 amide bonds. The van der Waals surface area contributed by atoms with Gasteiger partial charge in [-0.3, -0.25) is 0 Å². The molecule has 3 N–H and O–H groups in total. The fourth-order valence-electron chi connectivity index (χ4n) is 2.02. The molecule has 1 atom stereocenters. The number of nitrogens with zero attached hydrogens (tertiary/aromatic N) is 2. The van der Waals surface area contributed by atoms with Crippen molar-refractivity contribution in [2.45, 2.75) is 13.0 Å². The van der Waals surface area contributed by atoms with E-state index in [1.807, 2.05) is 37.3 Å². The second kappa shape index (κ2) is 5.02. The lowest BCUT2D eigenvalue weighted by molar-refractivity contribution is 0.525. The molecule has 3 aromatic rings. The summed E-state index contributed by atoms with van der Waals surface area (Å²) in [4.78, 5) is 7.90. The van der Waals surface area contributed by atoms with Crippen LogP contribution in [0, 0.1) is 0 Å². The number of benzene rings is 1. The molecule has 0 saturated heterocycles. The number of nitrogen functional groups attached to an aromatic ring is 1. The first-order valence-electron chi connectivity index (χ1n) is 6.17. The monoisotopic (exact) mass is 288 g/mol. The van der Waals surface area contributed by atoms with Crippen molar-refractivity contribution in [1.82, 2.24) is 9.97 Å². The standard InChI is InChI=1S/C14H13ClN4O/c1-8(17-13-7-12(15)18-14(16)19-13)11-6-9-4-2-3-5-10(9)20-11/h2-8H,1H3,(H3,16,17,18,19). The number of hydrogen-bond donors (Lipinski definition) is 2. The van der Waals surface area contributed by atoms with Crippen LogP contribution in [0.4, 0.5) is 11.8 Å². The summed E-state index contributed by atoms with van der Waals surface area (Å²) in [6, 6.07) is 11.4. The molecule has 0 aliphatic carbocycles. The summed E-state index contributed by atoms with van der Waals surface area (Å²) in [6.07, 6.45) is 0. The highest BCUT2D eigenvalue weighted by molar-refractivity contribution is 6.29. The van der Waals surface area contributed by atoms with Crippen LogP contribution in [-0.4, -0.2) is 9.97 Å². The molecule has 0 spiro atoms. The van der Waals surface area contributed by atoms with Gasteiger partial charge >= 0.3 is 0 Å². The molecule has 0 radical (unpaired) electrons. The van der Waals surface area contributed by atoms with E-state index in [4.69, 9.17) is 21.8 Å². The van der Waals surface area contributed by atoms with Crippen molar-refractivity contribution >= 4 is 34.3 Å². The van der Waals surface area contributed by atoms with Gasteiger partial charge in [-0.05, 0) is 19.1 Å². The number of nitrogens with one attached hydrogen (secondary N) is 1. The third-order valence-electron chi connectivity index (χ3n) is 2.95. The largest absolute Gasteiger partial charge is 0.459 e.